The highest BCUT2D eigenvalue weighted by Gasteiger charge is 2.16. The fraction of sp³-hybridized carbons (Fsp3) is 0.636. The molecule has 2 N–H and O–H groups in total. The first kappa shape index (κ1) is 12.6. The fourth-order valence-electron chi connectivity index (χ4n) is 1.37. The summed E-state index contributed by atoms with van der Waals surface area (Å²) in [6.07, 6.45) is -0.0169. The average Bonchev–Trinajstić information content (AvgIpc) is 2.70. The molecule has 0 aliphatic heterocycles. The lowest BCUT2D eigenvalue weighted by Gasteiger charge is -2.20. The van der Waals surface area contributed by atoms with Crippen LogP contribution < -0.4 is 5.73 Å². The first-order valence-electron chi connectivity index (χ1n) is 5.22. The average molecular weight is 229 g/mol. The Balaban J connectivity index is 2.39. The van der Waals surface area contributed by atoms with E-state index in [-0.39, 0.29) is 12.1 Å². The smallest absolute Gasteiger partial charge is 0.0982 e. The van der Waals surface area contributed by atoms with Gasteiger partial charge in [-0.2, -0.15) is 11.3 Å². The molecule has 0 aliphatic rings. The summed E-state index contributed by atoms with van der Waals surface area (Å²) in [5.74, 6) is 0. The van der Waals surface area contributed by atoms with Crippen LogP contribution in [0.25, 0.3) is 0 Å². The van der Waals surface area contributed by atoms with Crippen molar-refractivity contribution in [2.45, 2.75) is 26.0 Å². The fourth-order valence-corrected chi connectivity index (χ4v) is 2.05. The molecule has 4 heteroatoms. The van der Waals surface area contributed by atoms with E-state index >= 15 is 0 Å². The molecule has 2 atom stereocenters. The van der Waals surface area contributed by atoms with Crippen molar-refractivity contribution in [3.63, 3.8) is 0 Å². The number of ether oxygens (including phenoxy) is 2. The lowest BCUT2D eigenvalue weighted by Crippen LogP contribution is -2.27. The van der Waals surface area contributed by atoms with E-state index in [1.165, 1.54) is 0 Å². The van der Waals surface area contributed by atoms with Gasteiger partial charge in [-0.15, -0.1) is 0 Å². The molecule has 0 aliphatic carbocycles. The van der Waals surface area contributed by atoms with Gasteiger partial charge in [-0.05, 0) is 36.2 Å². The van der Waals surface area contributed by atoms with Crippen molar-refractivity contribution in [2.75, 3.05) is 19.8 Å². The highest BCUT2D eigenvalue weighted by Crippen LogP contribution is 2.22. The predicted octanol–water partition coefficient (Wildman–Crippen LogP) is 2.19. The molecule has 1 heterocycles. The summed E-state index contributed by atoms with van der Waals surface area (Å²) in [6, 6.07) is 2.06. The zero-order valence-electron chi connectivity index (χ0n) is 9.31. The van der Waals surface area contributed by atoms with Gasteiger partial charge in [0.05, 0.1) is 19.3 Å². The van der Waals surface area contributed by atoms with Gasteiger partial charge in [0.2, 0.25) is 0 Å². The standard InChI is InChI=1S/C11H19NO2S/c1-3-13-5-6-14-11(9(2)12)10-4-7-15-8-10/h4,7-9,11H,3,5-6,12H2,1-2H3. The van der Waals surface area contributed by atoms with Crippen LogP contribution >= 0.6 is 11.3 Å². The highest BCUT2D eigenvalue weighted by atomic mass is 32.1. The molecule has 3 nitrogen and oxygen atoms in total. The highest BCUT2D eigenvalue weighted by molar-refractivity contribution is 7.07. The van der Waals surface area contributed by atoms with Crippen LogP contribution in [0.1, 0.15) is 25.5 Å². The molecule has 0 spiro atoms. The first-order valence-corrected chi connectivity index (χ1v) is 6.17. The van der Waals surface area contributed by atoms with Crippen LogP contribution in [0.3, 0.4) is 0 Å². The van der Waals surface area contributed by atoms with Crippen molar-refractivity contribution >= 4 is 11.3 Å². The summed E-state index contributed by atoms with van der Waals surface area (Å²) in [7, 11) is 0. The zero-order chi connectivity index (χ0) is 11.1. The second kappa shape index (κ2) is 6.95. The molecule has 1 aromatic rings. The summed E-state index contributed by atoms with van der Waals surface area (Å²) >= 11 is 1.66. The summed E-state index contributed by atoms with van der Waals surface area (Å²) in [6.45, 7) is 5.88. The predicted molar refractivity (Wildman–Crippen MR) is 63.2 cm³/mol. The number of thiophene rings is 1. The van der Waals surface area contributed by atoms with E-state index in [0.29, 0.717) is 13.2 Å². The van der Waals surface area contributed by atoms with E-state index in [1.807, 2.05) is 19.2 Å². The summed E-state index contributed by atoms with van der Waals surface area (Å²) < 4.78 is 10.9. The molecule has 0 saturated carbocycles. The van der Waals surface area contributed by atoms with E-state index in [4.69, 9.17) is 15.2 Å². The molecule has 1 rings (SSSR count). The quantitative estimate of drug-likeness (QED) is 0.729. The number of hydrogen-bond acceptors (Lipinski definition) is 4. The minimum Gasteiger partial charge on any atom is -0.379 e. The van der Waals surface area contributed by atoms with Gasteiger partial charge in [-0.3, -0.25) is 0 Å². The first-order chi connectivity index (χ1) is 7.25. The van der Waals surface area contributed by atoms with Crippen LogP contribution in [0.5, 0.6) is 0 Å². The Bertz CT molecular complexity index is 249. The lowest BCUT2D eigenvalue weighted by molar-refractivity contribution is -0.00223. The van der Waals surface area contributed by atoms with Gasteiger partial charge in [0.15, 0.2) is 0 Å². The van der Waals surface area contributed by atoms with Crippen LogP contribution in [0.2, 0.25) is 0 Å². The molecule has 1 aromatic heterocycles. The molecule has 0 saturated heterocycles. The van der Waals surface area contributed by atoms with Crippen LogP contribution in [0.15, 0.2) is 16.8 Å². The number of rotatable bonds is 7. The van der Waals surface area contributed by atoms with E-state index in [2.05, 4.69) is 11.4 Å². The second-order valence-corrected chi connectivity index (χ2v) is 4.18. The van der Waals surface area contributed by atoms with Crippen molar-refractivity contribution in [3.05, 3.63) is 22.4 Å². The largest absolute Gasteiger partial charge is 0.379 e. The summed E-state index contributed by atoms with van der Waals surface area (Å²) in [4.78, 5) is 0. The Morgan fingerprint density at radius 2 is 2.27 bits per heavy atom. The third-order valence-electron chi connectivity index (χ3n) is 2.08. The molecule has 2 unspecified atom stereocenters. The Morgan fingerprint density at radius 3 is 2.80 bits per heavy atom. The van der Waals surface area contributed by atoms with Gasteiger partial charge >= 0.3 is 0 Å². The Morgan fingerprint density at radius 1 is 1.47 bits per heavy atom. The third kappa shape index (κ3) is 4.30. The zero-order valence-corrected chi connectivity index (χ0v) is 10.1. The number of nitrogens with two attached hydrogens (primary N) is 1. The minimum absolute atomic E-state index is 0.00114. The van der Waals surface area contributed by atoms with Crippen LogP contribution in [0.4, 0.5) is 0 Å². The van der Waals surface area contributed by atoms with Crippen LogP contribution in [0, 0.1) is 0 Å². The molecule has 0 amide bonds. The minimum atomic E-state index is -0.0169. The van der Waals surface area contributed by atoms with Gasteiger partial charge in [0.1, 0.15) is 0 Å². The monoisotopic (exact) mass is 229 g/mol. The van der Waals surface area contributed by atoms with Gasteiger partial charge < -0.3 is 15.2 Å². The van der Waals surface area contributed by atoms with E-state index in [1.54, 1.807) is 11.3 Å². The summed E-state index contributed by atoms with van der Waals surface area (Å²) in [5.41, 5.74) is 7.04. The van der Waals surface area contributed by atoms with Gasteiger partial charge in [0, 0.05) is 12.6 Å². The van der Waals surface area contributed by atoms with Crippen molar-refractivity contribution in [3.8, 4) is 0 Å². The molecule has 0 radical (unpaired) electrons. The molecule has 86 valence electrons. The van der Waals surface area contributed by atoms with E-state index in [9.17, 15) is 0 Å². The molecular weight excluding hydrogens is 210 g/mol. The lowest BCUT2D eigenvalue weighted by atomic mass is 10.1. The van der Waals surface area contributed by atoms with Crippen molar-refractivity contribution in [2.24, 2.45) is 5.73 Å². The normalized spacial score (nSPS) is 15.1. The van der Waals surface area contributed by atoms with Gasteiger partial charge in [0.25, 0.3) is 0 Å². The van der Waals surface area contributed by atoms with Crippen molar-refractivity contribution < 1.29 is 9.47 Å². The molecule has 0 fully saturated rings. The van der Waals surface area contributed by atoms with Gasteiger partial charge in [-0.25, -0.2) is 0 Å². The molecule has 15 heavy (non-hydrogen) atoms. The maximum Gasteiger partial charge on any atom is 0.0982 e. The number of hydrogen-bond donors (Lipinski definition) is 1. The van der Waals surface area contributed by atoms with Crippen molar-refractivity contribution in [1.82, 2.24) is 0 Å². The maximum absolute atomic E-state index is 5.88. The molecular formula is C11H19NO2S. The van der Waals surface area contributed by atoms with Crippen molar-refractivity contribution in [1.29, 1.82) is 0 Å². The maximum atomic E-state index is 5.88. The molecule has 0 bridgehead atoms. The topological polar surface area (TPSA) is 44.5 Å². The van der Waals surface area contributed by atoms with E-state index in [0.717, 1.165) is 12.2 Å². The Hall–Kier alpha value is -0.420. The van der Waals surface area contributed by atoms with E-state index < -0.39 is 0 Å². The Kier molecular flexibility index (Phi) is 5.86. The van der Waals surface area contributed by atoms with Crippen LogP contribution in [-0.2, 0) is 9.47 Å². The molecule has 0 aromatic carbocycles. The Labute approximate surface area is 95.2 Å². The third-order valence-corrected chi connectivity index (χ3v) is 2.78. The SMILES string of the molecule is CCOCCOC(c1ccsc1)C(C)N. The van der Waals surface area contributed by atoms with Crippen LogP contribution in [-0.4, -0.2) is 25.9 Å². The second-order valence-electron chi connectivity index (χ2n) is 3.40. The summed E-state index contributed by atoms with van der Waals surface area (Å²) in [5, 5.41) is 4.12. The van der Waals surface area contributed by atoms with Gasteiger partial charge in [-0.1, -0.05) is 0 Å².